The average molecular weight is 1010 g/mol. The van der Waals surface area contributed by atoms with Crippen LogP contribution in [0.5, 0.6) is 0 Å². The third-order valence-electron chi connectivity index (χ3n) is 13.8. The molecule has 0 saturated carbocycles. The number of carbonyl (C=O) groups excluding carboxylic acids is 1. The number of unbranched alkanes of at least 4 members (excludes halogenated alkanes) is 39. The smallest absolute Gasteiger partial charge is 0.387 e. The molecule has 9 heteroatoms. The Kier molecular flexibility index (Phi) is 51.6. The molecule has 0 aliphatic heterocycles. The van der Waals surface area contributed by atoms with Gasteiger partial charge in [0.15, 0.2) is 0 Å². The van der Waals surface area contributed by atoms with Crippen LogP contribution in [-0.2, 0) is 18.4 Å². The molecule has 1 amide bonds. The van der Waals surface area contributed by atoms with Gasteiger partial charge in [0, 0.05) is 6.42 Å². The minimum Gasteiger partial charge on any atom is -0.387 e. The van der Waals surface area contributed by atoms with E-state index in [-0.39, 0.29) is 19.1 Å². The summed E-state index contributed by atoms with van der Waals surface area (Å²) in [5.41, 5.74) is 0. The minimum absolute atomic E-state index is 0.0569. The fourth-order valence-corrected chi connectivity index (χ4v) is 9.79. The second-order valence-corrected chi connectivity index (χ2v) is 23.5. The van der Waals surface area contributed by atoms with Gasteiger partial charge in [-0.05, 0) is 57.8 Å². The van der Waals surface area contributed by atoms with E-state index in [1.165, 1.54) is 238 Å². The molecule has 0 fully saturated rings. The maximum absolute atomic E-state index is 13.0. The average Bonchev–Trinajstić information content (AvgIpc) is 3.32. The van der Waals surface area contributed by atoms with Gasteiger partial charge in [-0.3, -0.25) is 13.8 Å². The SMILES string of the molecule is CCCCCCCCCCCCCC/C=C\CCCCCCCCCCCCCC(=O)NC(COP(=O)(O)OCC[N+](C)(C)C)C(O)/C=C/CC/C=C/CCCCCCCCCCCCCCCCC. The lowest BCUT2D eigenvalue weighted by atomic mass is 10.0. The van der Waals surface area contributed by atoms with Crippen LogP contribution in [0.25, 0.3) is 0 Å². The van der Waals surface area contributed by atoms with Crippen molar-refractivity contribution in [1.82, 2.24) is 5.32 Å². The maximum atomic E-state index is 13.0. The number of hydrogen-bond donors (Lipinski definition) is 3. The molecule has 0 aromatic heterocycles. The number of phosphoric acid groups is 1. The van der Waals surface area contributed by atoms with Crippen LogP contribution in [0.15, 0.2) is 36.5 Å². The van der Waals surface area contributed by atoms with Gasteiger partial charge in [-0.2, -0.15) is 0 Å². The zero-order valence-corrected chi connectivity index (χ0v) is 48.2. The van der Waals surface area contributed by atoms with Gasteiger partial charge in [-0.25, -0.2) is 4.57 Å². The van der Waals surface area contributed by atoms with E-state index in [1.807, 2.05) is 27.2 Å². The van der Waals surface area contributed by atoms with Crippen molar-refractivity contribution in [3.8, 4) is 0 Å². The first-order valence-electron chi connectivity index (χ1n) is 30.4. The van der Waals surface area contributed by atoms with Gasteiger partial charge >= 0.3 is 7.82 Å². The lowest BCUT2D eigenvalue weighted by Gasteiger charge is -2.25. The number of carbonyl (C=O) groups is 1. The Labute approximate surface area is 436 Å². The topological polar surface area (TPSA) is 105 Å². The zero-order chi connectivity index (χ0) is 51.3. The van der Waals surface area contributed by atoms with Crippen LogP contribution >= 0.6 is 7.82 Å². The van der Waals surface area contributed by atoms with Crippen molar-refractivity contribution in [2.75, 3.05) is 40.9 Å². The Bertz CT molecular complexity index is 1230. The van der Waals surface area contributed by atoms with E-state index in [2.05, 4.69) is 43.5 Å². The second kappa shape index (κ2) is 52.6. The molecule has 0 aliphatic rings. The summed E-state index contributed by atoms with van der Waals surface area (Å²) in [6, 6.07) is -0.864. The monoisotopic (exact) mass is 1010 g/mol. The normalized spacial score (nSPS) is 14.1. The molecule has 414 valence electrons. The number of nitrogens with zero attached hydrogens (tertiary/aromatic N) is 1. The van der Waals surface area contributed by atoms with Gasteiger partial charge in [0.1, 0.15) is 13.2 Å². The minimum atomic E-state index is -4.36. The molecule has 8 nitrogen and oxygen atoms in total. The quantitative estimate of drug-likeness (QED) is 0.0243. The first-order chi connectivity index (χ1) is 34.0. The number of likely N-dealkylation sites (N-methyl/N-ethyl adjacent to an activating group) is 1. The van der Waals surface area contributed by atoms with Gasteiger partial charge < -0.3 is 19.8 Å². The first kappa shape index (κ1) is 68.7. The Morgan fingerprint density at radius 3 is 1.14 bits per heavy atom. The predicted molar refractivity (Wildman–Crippen MR) is 304 cm³/mol. The highest BCUT2D eigenvalue weighted by atomic mass is 31.2. The third-order valence-corrected chi connectivity index (χ3v) is 14.8. The van der Waals surface area contributed by atoms with Crippen LogP contribution in [-0.4, -0.2) is 73.4 Å². The fourth-order valence-electron chi connectivity index (χ4n) is 9.06. The van der Waals surface area contributed by atoms with E-state index < -0.39 is 20.0 Å². The van der Waals surface area contributed by atoms with E-state index in [0.29, 0.717) is 17.4 Å². The van der Waals surface area contributed by atoms with Crippen LogP contribution < -0.4 is 5.32 Å². The Hall–Kier alpha value is -1.28. The van der Waals surface area contributed by atoms with Gasteiger partial charge in [0.05, 0.1) is 39.9 Å². The zero-order valence-electron chi connectivity index (χ0n) is 47.3. The maximum Gasteiger partial charge on any atom is 0.472 e. The summed E-state index contributed by atoms with van der Waals surface area (Å²) in [6.07, 6.45) is 68.3. The Morgan fingerprint density at radius 1 is 0.471 bits per heavy atom. The standard InChI is InChI=1S/C61H119N2O6P/c1-6-8-10-12-14-16-18-20-22-24-26-28-29-30-31-32-33-35-37-39-41-43-45-47-49-51-53-55-61(65)62-59(58-69-70(66,67)68-57-56-63(3,4)5)60(64)54-52-50-48-46-44-42-40-38-36-34-27-25-23-21-19-17-15-13-11-9-7-2/h30-31,44,46,52,54,59-60,64H,6-29,32-43,45,47-51,53,55-58H2,1-5H3,(H-,62,65,66,67)/p+1/b31-30-,46-44+,54-52+. The van der Waals surface area contributed by atoms with Crippen LogP contribution in [0.4, 0.5) is 0 Å². The number of hydrogen-bond acceptors (Lipinski definition) is 5. The summed E-state index contributed by atoms with van der Waals surface area (Å²) < 4.78 is 23.7. The molecule has 0 aromatic carbocycles. The largest absolute Gasteiger partial charge is 0.472 e. The molecule has 0 aliphatic carbocycles. The fraction of sp³-hybridized carbons (Fsp3) is 0.885. The van der Waals surface area contributed by atoms with Crippen molar-refractivity contribution in [3.05, 3.63) is 36.5 Å². The lowest BCUT2D eigenvalue weighted by molar-refractivity contribution is -0.870. The summed E-state index contributed by atoms with van der Waals surface area (Å²) in [4.78, 5) is 23.3. The number of phosphoric ester groups is 1. The number of aliphatic hydroxyl groups is 1. The molecule has 0 saturated heterocycles. The Balaban J connectivity index is 4.19. The van der Waals surface area contributed by atoms with Crippen LogP contribution in [0.3, 0.4) is 0 Å². The van der Waals surface area contributed by atoms with Crippen molar-refractivity contribution >= 4 is 13.7 Å². The third kappa shape index (κ3) is 54.5. The predicted octanol–water partition coefficient (Wildman–Crippen LogP) is 18.5. The molecule has 0 rings (SSSR count). The molecule has 70 heavy (non-hydrogen) atoms. The molecule has 0 aromatic rings. The summed E-state index contributed by atoms with van der Waals surface area (Å²) in [5, 5.41) is 13.9. The van der Waals surface area contributed by atoms with Crippen molar-refractivity contribution in [2.24, 2.45) is 0 Å². The van der Waals surface area contributed by atoms with Gasteiger partial charge in [-0.15, -0.1) is 0 Å². The van der Waals surface area contributed by atoms with Crippen LogP contribution in [0, 0.1) is 0 Å². The number of nitrogens with one attached hydrogen (secondary N) is 1. The van der Waals surface area contributed by atoms with Gasteiger partial charge in [-0.1, -0.05) is 269 Å². The Morgan fingerprint density at radius 2 is 0.786 bits per heavy atom. The van der Waals surface area contributed by atoms with E-state index in [4.69, 9.17) is 9.05 Å². The van der Waals surface area contributed by atoms with Crippen LogP contribution in [0.1, 0.15) is 296 Å². The highest BCUT2D eigenvalue weighted by Gasteiger charge is 2.27. The first-order valence-corrected chi connectivity index (χ1v) is 31.9. The van der Waals surface area contributed by atoms with Crippen molar-refractivity contribution in [3.63, 3.8) is 0 Å². The summed E-state index contributed by atoms with van der Waals surface area (Å²) >= 11 is 0. The number of allylic oxidation sites excluding steroid dienone is 5. The highest BCUT2D eigenvalue weighted by Crippen LogP contribution is 2.43. The van der Waals surface area contributed by atoms with Crippen molar-refractivity contribution < 1.29 is 32.9 Å². The molecular formula is C61H120N2O6P+. The number of quaternary nitrogens is 1. The number of amides is 1. The summed E-state index contributed by atoms with van der Waals surface area (Å²) in [7, 11) is 1.56. The number of rotatable bonds is 56. The molecule has 0 bridgehead atoms. The molecule has 0 spiro atoms. The highest BCUT2D eigenvalue weighted by molar-refractivity contribution is 7.47. The molecule has 3 N–H and O–H groups in total. The lowest BCUT2D eigenvalue weighted by Crippen LogP contribution is -2.45. The molecule has 3 atom stereocenters. The van der Waals surface area contributed by atoms with E-state index in [9.17, 15) is 19.4 Å². The molecule has 0 heterocycles. The van der Waals surface area contributed by atoms with Gasteiger partial charge in [0.25, 0.3) is 0 Å². The van der Waals surface area contributed by atoms with Crippen LogP contribution in [0.2, 0.25) is 0 Å². The molecule has 3 unspecified atom stereocenters. The van der Waals surface area contributed by atoms with Crippen molar-refractivity contribution in [2.45, 2.75) is 309 Å². The van der Waals surface area contributed by atoms with E-state index in [0.717, 1.165) is 38.5 Å². The van der Waals surface area contributed by atoms with E-state index >= 15 is 0 Å². The van der Waals surface area contributed by atoms with E-state index in [1.54, 1.807) is 6.08 Å². The van der Waals surface area contributed by atoms with Gasteiger partial charge in [0.2, 0.25) is 5.91 Å². The second-order valence-electron chi connectivity index (χ2n) is 22.1. The number of aliphatic hydroxyl groups excluding tert-OH is 1. The van der Waals surface area contributed by atoms with Crippen molar-refractivity contribution in [1.29, 1.82) is 0 Å². The summed E-state index contributed by atoms with van der Waals surface area (Å²) in [5.74, 6) is -0.184. The molecular weight excluding hydrogens is 888 g/mol. The summed E-state index contributed by atoms with van der Waals surface area (Å²) in [6.45, 7) is 4.84. The molecule has 0 radical (unpaired) electrons.